The Morgan fingerprint density at radius 2 is 1.06 bits per heavy atom. The van der Waals surface area contributed by atoms with Gasteiger partial charge >= 0.3 is 11.3 Å². The van der Waals surface area contributed by atoms with Crippen LogP contribution in [0, 0.1) is 0 Å². The zero-order valence-electron chi connectivity index (χ0n) is 16.1. The van der Waals surface area contributed by atoms with Crippen molar-refractivity contribution in [1.82, 2.24) is 0 Å². The smallest absolute Gasteiger partial charge is 0.351 e. The van der Waals surface area contributed by atoms with Gasteiger partial charge in [-0.05, 0) is 110 Å². The van der Waals surface area contributed by atoms with Crippen LogP contribution in [0.1, 0.15) is 0 Å². The first-order valence-corrected chi connectivity index (χ1v) is 13.9. The number of fused-ring (bicyclic) bond motifs is 2. The molecule has 0 unspecified atom stereocenters. The van der Waals surface area contributed by atoms with E-state index in [0.29, 0.717) is 43.2 Å². The number of hydrogen-bond acceptors (Lipinski definition) is 8. The van der Waals surface area contributed by atoms with E-state index in [1.807, 2.05) is 0 Å². The summed E-state index contributed by atoms with van der Waals surface area (Å²) in [7, 11) is 5.20. The quantitative estimate of drug-likeness (QED) is 0.152. The molecular weight excluding hydrogens is 720 g/mol. The molecule has 4 aromatic rings. The molecule has 2 heterocycles. The predicted octanol–water partition coefficient (Wildman–Crippen LogP) is 7.77. The number of benzene rings is 2. The second-order valence-corrected chi connectivity index (χ2v) is 11.7. The van der Waals surface area contributed by atoms with Gasteiger partial charge in [0.15, 0.2) is 22.7 Å². The van der Waals surface area contributed by atoms with Crippen molar-refractivity contribution in [3.05, 3.63) is 63.0 Å². The van der Waals surface area contributed by atoms with Gasteiger partial charge in [-0.15, -0.1) is 0 Å². The molecule has 0 aliphatic rings. The maximum absolute atomic E-state index is 12.6. The summed E-state index contributed by atoms with van der Waals surface area (Å²) < 4.78 is 24.6. The SMILES string of the molecule is COc1cc(Br)c(Br)c2cc(SSc3cc4c(Br)c(Br)cc(OC)c4oc3=O)c(=O)oc12. The zero-order valence-corrected chi connectivity index (χ0v) is 24.1. The van der Waals surface area contributed by atoms with Crippen LogP contribution in [0.15, 0.2) is 70.4 Å². The van der Waals surface area contributed by atoms with Crippen LogP contribution >= 0.6 is 85.3 Å². The van der Waals surface area contributed by atoms with Crippen LogP contribution in [0.3, 0.4) is 0 Å². The Balaban J connectivity index is 1.77. The van der Waals surface area contributed by atoms with Gasteiger partial charge in [0, 0.05) is 28.7 Å². The molecule has 12 heteroatoms. The van der Waals surface area contributed by atoms with Crippen LogP contribution in [0.25, 0.3) is 21.9 Å². The molecular formula is C20H10Br4O6S2. The third-order valence-electron chi connectivity index (χ3n) is 4.35. The Kier molecular flexibility index (Phi) is 7.38. The number of ether oxygens (including phenoxy) is 2. The van der Waals surface area contributed by atoms with Crippen molar-refractivity contribution in [1.29, 1.82) is 0 Å². The number of halogens is 4. The van der Waals surface area contributed by atoms with Crippen LogP contribution in [0.2, 0.25) is 0 Å². The van der Waals surface area contributed by atoms with Crippen molar-refractivity contribution in [3.63, 3.8) is 0 Å². The van der Waals surface area contributed by atoms with Crippen molar-refractivity contribution in [3.8, 4) is 11.5 Å². The summed E-state index contributed by atoms with van der Waals surface area (Å²) in [5, 5.41) is 1.31. The third-order valence-corrected chi connectivity index (χ3v) is 10.7. The average Bonchev–Trinajstić information content (AvgIpc) is 2.77. The van der Waals surface area contributed by atoms with Crippen LogP contribution < -0.4 is 20.7 Å². The third kappa shape index (κ3) is 4.41. The lowest BCUT2D eigenvalue weighted by molar-refractivity contribution is 0.405. The van der Waals surface area contributed by atoms with Crippen LogP contribution in [-0.2, 0) is 0 Å². The first-order chi connectivity index (χ1) is 15.2. The molecule has 0 aliphatic heterocycles. The Morgan fingerprint density at radius 3 is 1.41 bits per heavy atom. The lowest BCUT2D eigenvalue weighted by Gasteiger charge is -2.10. The summed E-state index contributed by atoms with van der Waals surface area (Å²) in [4.78, 5) is 25.8. The van der Waals surface area contributed by atoms with Gasteiger partial charge in [0.1, 0.15) is 9.79 Å². The molecule has 0 saturated carbocycles. The largest absolute Gasteiger partial charge is 0.493 e. The second-order valence-electron chi connectivity index (χ2n) is 6.20. The fraction of sp³-hybridized carbons (Fsp3) is 0.100. The highest BCUT2D eigenvalue weighted by Crippen LogP contribution is 2.43. The van der Waals surface area contributed by atoms with Gasteiger partial charge in [0.2, 0.25) is 0 Å². The van der Waals surface area contributed by atoms with Gasteiger partial charge in [0.05, 0.1) is 14.2 Å². The summed E-state index contributed by atoms with van der Waals surface area (Å²) in [5.41, 5.74) is -0.433. The van der Waals surface area contributed by atoms with Crippen LogP contribution in [0.4, 0.5) is 0 Å². The van der Waals surface area contributed by atoms with Crippen LogP contribution in [-0.4, -0.2) is 14.2 Å². The van der Waals surface area contributed by atoms with Crippen molar-refractivity contribution in [2.45, 2.75) is 9.79 Å². The first-order valence-electron chi connectivity index (χ1n) is 8.59. The van der Waals surface area contributed by atoms with E-state index in [2.05, 4.69) is 63.7 Å². The van der Waals surface area contributed by atoms with E-state index in [1.54, 1.807) is 24.3 Å². The molecule has 4 rings (SSSR count). The Hall–Kier alpha value is -0.920. The van der Waals surface area contributed by atoms with E-state index in [0.717, 1.165) is 39.5 Å². The lowest BCUT2D eigenvalue weighted by Crippen LogP contribution is -2.04. The summed E-state index contributed by atoms with van der Waals surface area (Å²) in [5.74, 6) is 0.854. The standard InChI is InChI=1S/C20H10Br4O6S2/c1-27-11-5-9(21)15(23)7-3-13(19(25)29-17(7)11)31-32-14-4-8-16(24)10(22)6-12(28-2)18(8)30-20(14)26/h3-6H,1-2H3. The molecule has 0 radical (unpaired) electrons. The lowest BCUT2D eigenvalue weighted by atomic mass is 10.2. The molecule has 2 aromatic carbocycles. The average molecular weight is 730 g/mol. The molecule has 166 valence electrons. The molecule has 0 bridgehead atoms. The first kappa shape index (κ1) is 24.2. The molecule has 0 aliphatic carbocycles. The van der Waals surface area contributed by atoms with Gasteiger partial charge in [-0.3, -0.25) is 0 Å². The summed E-state index contributed by atoms with van der Waals surface area (Å²) in [6.45, 7) is 0. The van der Waals surface area contributed by atoms with Crippen molar-refractivity contribution >= 4 is 107 Å². The van der Waals surface area contributed by atoms with Gasteiger partial charge < -0.3 is 18.3 Å². The molecule has 0 amide bonds. The molecule has 0 saturated heterocycles. The molecule has 2 aromatic heterocycles. The minimum Gasteiger partial charge on any atom is -0.493 e. The highest BCUT2D eigenvalue weighted by Gasteiger charge is 2.18. The maximum atomic E-state index is 12.6. The Bertz CT molecular complexity index is 1390. The van der Waals surface area contributed by atoms with Gasteiger partial charge in [-0.1, -0.05) is 0 Å². The van der Waals surface area contributed by atoms with Crippen LogP contribution in [0.5, 0.6) is 11.5 Å². The second kappa shape index (κ2) is 9.75. The summed E-state index contributed by atoms with van der Waals surface area (Å²) in [6, 6.07) is 6.80. The van der Waals surface area contributed by atoms with Gasteiger partial charge in [0.25, 0.3) is 0 Å². The number of methoxy groups -OCH3 is 2. The van der Waals surface area contributed by atoms with E-state index in [9.17, 15) is 9.59 Å². The van der Waals surface area contributed by atoms with E-state index in [4.69, 9.17) is 18.3 Å². The molecule has 0 N–H and O–H groups in total. The van der Waals surface area contributed by atoms with Crippen molar-refractivity contribution in [2.24, 2.45) is 0 Å². The Morgan fingerprint density at radius 1 is 0.688 bits per heavy atom. The van der Waals surface area contributed by atoms with E-state index < -0.39 is 11.3 Å². The number of hydrogen-bond donors (Lipinski definition) is 0. The fourth-order valence-electron chi connectivity index (χ4n) is 2.85. The zero-order chi connectivity index (χ0) is 23.2. The van der Waals surface area contributed by atoms with E-state index >= 15 is 0 Å². The van der Waals surface area contributed by atoms with Crippen molar-refractivity contribution < 1.29 is 18.3 Å². The predicted molar refractivity (Wildman–Crippen MR) is 141 cm³/mol. The fourth-order valence-corrected chi connectivity index (χ4v) is 6.48. The minimum atomic E-state index is -0.543. The highest BCUT2D eigenvalue weighted by atomic mass is 79.9. The normalized spacial score (nSPS) is 11.3. The van der Waals surface area contributed by atoms with Crippen molar-refractivity contribution in [2.75, 3.05) is 14.2 Å². The topological polar surface area (TPSA) is 78.9 Å². The monoisotopic (exact) mass is 726 g/mol. The van der Waals surface area contributed by atoms with Gasteiger partial charge in [-0.2, -0.15) is 0 Å². The maximum Gasteiger partial charge on any atom is 0.351 e. The minimum absolute atomic E-state index is 0.314. The Labute approximate surface area is 222 Å². The number of rotatable bonds is 5. The molecule has 0 spiro atoms. The highest BCUT2D eigenvalue weighted by molar-refractivity contribution is 9.13. The molecule has 0 atom stereocenters. The summed E-state index contributed by atoms with van der Waals surface area (Å²) in [6.07, 6.45) is 0. The summed E-state index contributed by atoms with van der Waals surface area (Å²) >= 11 is 13.9. The molecule has 32 heavy (non-hydrogen) atoms. The molecule has 0 fully saturated rings. The molecule has 6 nitrogen and oxygen atoms in total. The van der Waals surface area contributed by atoms with Gasteiger partial charge in [-0.25, -0.2) is 9.59 Å². The van der Waals surface area contributed by atoms with E-state index in [1.165, 1.54) is 14.2 Å². The van der Waals surface area contributed by atoms with E-state index in [-0.39, 0.29) is 0 Å².